The summed E-state index contributed by atoms with van der Waals surface area (Å²) in [7, 11) is 0. The average molecular weight is 367 g/mol. The molecular formula is C18H21N7O2. The van der Waals surface area contributed by atoms with Gasteiger partial charge in [0.1, 0.15) is 0 Å². The van der Waals surface area contributed by atoms with Crippen molar-refractivity contribution in [2.24, 2.45) is 0 Å². The van der Waals surface area contributed by atoms with Crippen LogP contribution in [0, 0.1) is 6.92 Å². The fourth-order valence-corrected chi connectivity index (χ4v) is 3.27. The number of benzene rings is 1. The fraction of sp³-hybridized carbons (Fsp3) is 0.389. The number of hydrogen-bond acceptors (Lipinski definition) is 6. The van der Waals surface area contributed by atoms with Gasteiger partial charge in [0.25, 0.3) is 0 Å². The third kappa shape index (κ3) is 3.53. The number of nitrogens with one attached hydrogen (secondary N) is 1. The maximum Gasteiger partial charge on any atom is 0.322 e. The largest absolute Gasteiger partial charge is 0.359 e. The summed E-state index contributed by atoms with van der Waals surface area (Å²) in [6.45, 7) is 5.16. The van der Waals surface area contributed by atoms with E-state index in [1.54, 1.807) is 4.90 Å². The van der Waals surface area contributed by atoms with Gasteiger partial charge in [0.05, 0.1) is 18.3 Å². The number of likely N-dealkylation sites (tertiary alicyclic amines) is 1. The minimum Gasteiger partial charge on any atom is -0.359 e. The van der Waals surface area contributed by atoms with Crippen LogP contribution < -0.4 is 5.32 Å². The van der Waals surface area contributed by atoms with E-state index in [0.29, 0.717) is 24.6 Å². The molecule has 9 nitrogen and oxygen atoms in total. The van der Waals surface area contributed by atoms with E-state index in [1.165, 1.54) is 4.80 Å². The molecule has 1 saturated heterocycles. The van der Waals surface area contributed by atoms with E-state index in [0.717, 1.165) is 29.9 Å². The second kappa shape index (κ2) is 7.18. The normalized spacial score (nSPS) is 16.7. The molecule has 2 aromatic heterocycles. The highest BCUT2D eigenvalue weighted by Gasteiger charge is 2.32. The van der Waals surface area contributed by atoms with Gasteiger partial charge in [-0.05, 0) is 44.0 Å². The molecule has 1 N–H and O–H groups in total. The lowest BCUT2D eigenvalue weighted by Crippen LogP contribution is -2.34. The molecule has 1 aliphatic rings. The van der Waals surface area contributed by atoms with Crippen LogP contribution >= 0.6 is 0 Å². The molecule has 0 saturated carbocycles. The maximum atomic E-state index is 12.8. The molecule has 0 aliphatic carbocycles. The van der Waals surface area contributed by atoms with Gasteiger partial charge in [-0.15, -0.1) is 10.2 Å². The Balaban J connectivity index is 1.50. The van der Waals surface area contributed by atoms with Gasteiger partial charge in [-0.1, -0.05) is 17.3 Å². The molecule has 27 heavy (non-hydrogen) atoms. The Bertz CT molecular complexity index is 949. The van der Waals surface area contributed by atoms with Crippen LogP contribution in [-0.2, 0) is 6.54 Å². The van der Waals surface area contributed by atoms with Crippen molar-refractivity contribution in [3.8, 4) is 11.4 Å². The zero-order chi connectivity index (χ0) is 18.8. The van der Waals surface area contributed by atoms with Crippen molar-refractivity contribution in [2.45, 2.75) is 39.3 Å². The number of rotatable bonds is 4. The summed E-state index contributed by atoms with van der Waals surface area (Å²) in [5, 5.41) is 19.2. The number of urea groups is 1. The number of amides is 2. The standard InChI is InChI=1S/C18H21N7O2/c1-3-25-21-17(20-23-25)13-6-4-7-14(11-13)19-18(26)24-9-5-8-15(24)16-10-12(2)22-27-16/h4,6-7,10-11,15H,3,5,8-9H2,1-2H3,(H,19,26)/t15-/m0/s1. The summed E-state index contributed by atoms with van der Waals surface area (Å²) in [4.78, 5) is 16.1. The molecule has 0 unspecified atom stereocenters. The van der Waals surface area contributed by atoms with E-state index in [2.05, 4.69) is 25.9 Å². The number of aromatic nitrogens is 5. The Morgan fingerprint density at radius 2 is 2.26 bits per heavy atom. The lowest BCUT2D eigenvalue weighted by atomic mass is 10.1. The van der Waals surface area contributed by atoms with Gasteiger partial charge in [0, 0.05) is 23.9 Å². The highest BCUT2D eigenvalue weighted by molar-refractivity contribution is 5.90. The number of anilines is 1. The van der Waals surface area contributed by atoms with Gasteiger partial charge >= 0.3 is 6.03 Å². The van der Waals surface area contributed by atoms with Crippen molar-refractivity contribution < 1.29 is 9.32 Å². The molecule has 140 valence electrons. The molecule has 0 bridgehead atoms. The van der Waals surface area contributed by atoms with Crippen molar-refractivity contribution in [1.29, 1.82) is 0 Å². The number of nitrogens with zero attached hydrogens (tertiary/aromatic N) is 6. The van der Waals surface area contributed by atoms with Crippen molar-refractivity contribution >= 4 is 11.7 Å². The number of aryl methyl sites for hydroxylation is 2. The number of tetrazole rings is 1. The van der Waals surface area contributed by atoms with Gasteiger partial charge < -0.3 is 14.7 Å². The first-order valence-electron chi connectivity index (χ1n) is 9.03. The molecule has 3 aromatic rings. The van der Waals surface area contributed by atoms with Crippen molar-refractivity contribution in [1.82, 2.24) is 30.3 Å². The first kappa shape index (κ1) is 17.2. The van der Waals surface area contributed by atoms with E-state index in [1.807, 2.05) is 44.2 Å². The van der Waals surface area contributed by atoms with Crippen LogP contribution in [0.3, 0.4) is 0 Å². The summed E-state index contributed by atoms with van der Waals surface area (Å²) < 4.78 is 5.37. The van der Waals surface area contributed by atoms with Gasteiger partial charge in [-0.25, -0.2) is 4.79 Å². The quantitative estimate of drug-likeness (QED) is 0.760. The molecule has 1 atom stereocenters. The van der Waals surface area contributed by atoms with Crippen molar-refractivity contribution in [3.63, 3.8) is 0 Å². The van der Waals surface area contributed by atoms with Gasteiger partial charge in [-0.2, -0.15) is 4.80 Å². The molecule has 0 radical (unpaired) electrons. The Kier molecular flexibility index (Phi) is 4.57. The lowest BCUT2D eigenvalue weighted by molar-refractivity contribution is 0.195. The molecule has 0 spiro atoms. The molecule has 2 amide bonds. The van der Waals surface area contributed by atoms with Crippen LogP contribution in [-0.4, -0.2) is 42.8 Å². The summed E-state index contributed by atoms with van der Waals surface area (Å²) in [6, 6.07) is 9.09. The first-order chi connectivity index (χ1) is 13.1. The van der Waals surface area contributed by atoms with E-state index < -0.39 is 0 Å². The van der Waals surface area contributed by atoms with E-state index in [-0.39, 0.29) is 12.1 Å². The molecule has 1 aliphatic heterocycles. The van der Waals surface area contributed by atoms with Gasteiger partial charge in [-0.3, -0.25) is 0 Å². The molecule has 3 heterocycles. The second-order valence-corrected chi connectivity index (χ2v) is 6.53. The minimum atomic E-state index is -0.158. The SMILES string of the molecule is CCn1nnc(-c2cccc(NC(=O)N3CCC[C@H]3c3cc(C)no3)c2)n1. The predicted octanol–water partition coefficient (Wildman–Crippen LogP) is 3.03. The summed E-state index contributed by atoms with van der Waals surface area (Å²) in [5.74, 6) is 1.26. The molecule has 9 heteroatoms. The Hall–Kier alpha value is -3.23. The van der Waals surface area contributed by atoms with E-state index in [9.17, 15) is 4.79 Å². The van der Waals surface area contributed by atoms with Crippen LogP contribution in [0.4, 0.5) is 10.5 Å². The van der Waals surface area contributed by atoms with Crippen LogP contribution in [0.1, 0.15) is 37.3 Å². The van der Waals surface area contributed by atoms with E-state index in [4.69, 9.17) is 4.52 Å². The van der Waals surface area contributed by atoms with Gasteiger partial charge in [0.15, 0.2) is 5.76 Å². The molecule has 4 rings (SSSR count). The Morgan fingerprint density at radius 1 is 1.37 bits per heavy atom. The minimum absolute atomic E-state index is 0.0829. The number of carbonyl (C=O) groups excluding carboxylic acids is 1. The Labute approximate surface area is 156 Å². The number of carbonyl (C=O) groups is 1. The van der Waals surface area contributed by atoms with Crippen molar-refractivity contribution in [3.05, 3.63) is 41.8 Å². The monoisotopic (exact) mass is 367 g/mol. The van der Waals surface area contributed by atoms with Crippen LogP contribution in [0.5, 0.6) is 0 Å². The smallest absolute Gasteiger partial charge is 0.322 e. The summed E-state index contributed by atoms with van der Waals surface area (Å²) >= 11 is 0. The van der Waals surface area contributed by atoms with E-state index >= 15 is 0 Å². The molecular weight excluding hydrogens is 346 g/mol. The fourth-order valence-electron chi connectivity index (χ4n) is 3.27. The van der Waals surface area contributed by atoms with Gasteiger partial charge in [0.2, 0.25) is 5.82 Å². The maximum absolute atomic E-state index is 12.8. The average Bonchev–Trinajstić information content (AvgIpc) is 3.41. The zero-order valence-corrected chi connectivity index (χ0v) is 15.3. The second-order valence-electron chi connectivity index (χ2n) is 6.53. The third-order valence-corrected chi connectivity index (χ3v) is 4.60. The molecule has 1 aromatic carbocycles. The summed E-state index contributed by atoms with van der Waals surface area (Å²) in [5.41, 5.74) is 2.30. The highest BCUT2D eigenvalue weighted by Crippen LogP contribution is 2.32. The van der Waals surface area contributed by atoms with Crippen LogP contribution in [0.15, 0.2) is 34.9 Å². The summed E-state index contributed by atoms with van der Waals surface area (Å²) in [6.07, 6.45) is 1.80. The topological polar surface area (TPSA) is 102 Å². The van der Waals surface area contributed by atoms with Crippen LogP contribution in [0.2, 0.25) is 0 Å². The Morgan fingerprint density at radius 3 is 3.00 bits per heavy atom. The highest BCUT2D eigenvalue weighted by atomic mass is 16.5. The predicted molar refractivity (Wildman–Crippen MR) is 97.9 cm³/mol. The third-order valence-electron chi connectivity index (χ3n) is 4.60. The molecule has 1 fully saturated rings. The lowest BCUT2D eigenvalue weighted by Gasteiger charge is -2.23. The zero-order valence-electron chi connectivity index (χ0n) is 15.3. The first-order valence-corrected chi connectivity index (χ1v) is 9.03. The van der Waals surface area contributed by atoms with Crippen LogP contribution in [0.25, 0.3) is 11.4 Å². The number of hydrogen-bond donors (Lipinski definition) is 1. The van der Waals surface area contributed by atoms with Crippen molar-refractivity contribution in [2.75, 3.05) is 11.9 Å².